The molecule has 0 aliphatic rings. The molecule has 0 bridgehead atoms. The zero-order chi connectivity index (χ0) is 17.4. The van der Waals surface area contributed by atoms with Crippen molar-refractivity contribution in [1.29, 1.82) is 0 Å². The van der Waals surface area contributed by atoms with Crippen molar-refractivity contribution in [3.05, 3.63) is 65.7 Å². The van der Waals surface area contributed by atoms with Gasteiger partial charge in [0.15, 0.2) is 5.78 Å². The van der Waals surface area contributed by atoms with Gasteiger partial charge in [0.25, 0.3) is 0 Å². The van der Waals surface area contributed by atoms with Crippen LogP contribution < -0.4 is 9.47 Å². The Labute approximate surface area is 143 Å². The highest BCUT2D eigenvalue weighted by molar-refractivity contribution is 6.06. The van der Waals surface area contributed by atoms with E-state index in [1.165, 1.54) is 0 Å². The van der Waals surface area contributed by atoms with Gasteiger partial charge in [0.2, 0.25) is 0 Å². The number of nitrogens with zero attached hydrogens (tertiary/aromatic N) is 1. The average Bonchev–Trinajstić information content (AvgIpc) is 2.60. The second-order valence-corrected chi connectivity index (χ2v) is 5.65. The van der Waals surface area contributed by atoms with Crippen LogP contribution in [0.4, 0.5) is 0 Å². The van der Waals surface area contributed by atoms with Crippen LogP contribution in [0.2, 0.25) is 0 Å². The van der Waals surface area contributed by atoms with Crippen LogP contribution in [0.1, 0.15) is 15.9 Å². The summed E-state index contributed by atoms with van der Waals surface area (Å²) in [6.45, 7) is 1.49. The van der Waals surface area contributed by atoms with Gasteiger partial charge in [-0.3, -0.25) is 4.79 Å². The maximum Gasteiger partial charge on any atom is 0.185 e. The average molecular weight is 325 g/mol. The fourth-order valence-corrected chi connectivity index (χ4v) is 2.08. The van der Waals surface area contributed by atoms with E-state index in [0.29, 0.717) is 12.2 Å². The SMILES string of the molecule is COc1ccc(C(=O)C=Cc2cccc(OCCN(C)C)c2)cc1. The number of rotatable bonds is 8. The molecular formula is C20H23NO3. The van der Waals surface area contributed by atoms with Gasteiger partial charge in [-0.2, -0.15) is 0 Å². The minimum atomic E-state index is -0.0448. The van der Waals surface area contributed by atoms with Gasteiger partial charge in [-0.05, 0) is 62.1 Å². The molecule has 0 heterocycles. The summed E-state index contributed by atoms with van der Waals surface area (Å²) < 4.78 is 10.8. The molecule has 0 radical (unpaired) electrons. The van der Waals surface area contributed by atoms with Gasteiger partial charge in [-0.15, -0.1) is 0 Å². The van der Waals surface area contributed by atoms with Crippen LogP contribution in [-0.4, -0.2) is 45.0 Å². The van der Waals surface area contributed by atoms with Crippen molar-refractivity contribution in [2.75, 3.05) is 34.4 Å². The largest absolute Gasteiger partial charge is 0.497 e. The molecule has 0 fully saturated rings. The Morgan fingerprint density at radius 3 is 2.50 bits per heavy atom. The normalized spacial score (nSPS) is 11.0. The van der Waals surface area contributed by atoms with E-state index in [1.807, 2.05) is 38.4 Å². The number of carbonyl (C=O) groups is 1. The molecule has 2 aromatic carbocycles. The van der Waals surface area contributed by atoms with Crippen molar-refractivity contribution in [2.24, 2.45) is 0 Å². The predicted molar refractivity (Wildman–Crippen MR) is 96.8 cm³/mol. The second-order valence-electron chi connectivity index (χ2n) is 5.65. The highest BCUT2D eigenvalue weighted by Gasteiger charge is 2.02. The number of methoxy groups -OCH3 is 1. The summed E-state index contributed by atoms with van der Waals surface area (Å²) in [7, 11) is 5.62. The van der Waals surface area contributed by atoms with Gasteiger partial charge in [0.1, 0.15) is 18.1 Å². The minimum absolute atomic E-state index is 0.0448. The van der Waals surface area contributed by atoms with Crippen LogP contribution in [0.25, 0.3) is 6.08 Å². The standard InChI is InChI=1S/C20H23NO3/c1-21(2)13-14-24-19-6-4-5-16(15-19)7-12-20(22)17-8-10-18(23-3)11-9-17/h4-12,15H,13-14H2,1-3H3. The molecule has 24 heavy (non-hydrogen) atoms. The van der Waals surface area contributed by atoms with E-state index in [4.69, 9.17) is 9.47 Å². The predicted octanol–water partition coefficient (Wildman–Crippen LogP) is 3.53. The zero-order valence-electron chi connectivity index (χ0n) is 14.4. The molecule has 0 spiro atoms. The first kappa shape index (κ1) is 17.8. The van der Waals surface area contributed by atoms with Crippen LogP contribution in [-0.2, 0) is 0 Å². The number of carbonyl (C=O) groups excluding carboxylic acids is 1. The third-order valence-corrected chi connectivity index (χ3v) is 3.47. The topological polar surface area (TPSA) is 38.8 Å². The number of ether oxygens (including phenoxy) is 2. The Balaban J connectivity index is 1.98. The van der Waals surface area contributed by atoms with Crippen molar-refractivity contribution in [1.82, 2.24) is 4.90 Å². The first-order valence-electron chi connectivity index (χ1n) is 7.82. The maximum absolute atomic E-state index is 12.2. The van der Waals surface area contributed by atoms with Gasteiger partial charge in [-0.1, -0.05) is 18.2 Å². The quantitative estimate of drug-likeness (QED) is 0.550. The van der Waals surface area contributed by atoms with Gasteiger partial charge < -0.3 is 14.4 Å². The highest BCUT2D eigenvalue weighted by atomic mass is 16.5. The second kappa shape index (κ2) is 8.89. The molecule has 4 heteroatoms. The third kappa shape index (κ3) is 5.56. The summed E-state index contributed by atoms with van der Waals surface area (Å²) in [5.41, 5.74) is 1.56. The van der Waals surface area contributed by atoms with Crippen LogP contribution in [0.3, 0.4) is 0 Å². The van der Waals surface area contributed by atoms with Gasteiger partial charge in [-0.25, -0.2) is 0 Å². The summed E-state index contributed by atoms with van der Waals surface area (Å²) in [6, 6.07) is 14.8. The lowest BCUT2D eigenvalue weighted by Gasteiger charge is -2.11. The molecule has 0 aromatic heterocycles. The fourth-order valence-electron chi connectivity index (χ4n) is 2.08. The van der Waals surface area contributed by atoms with Crippen LogP contribution in [0.15, 0.2) is 54.6 Å². The van der Waals surface area contributed by atoms with Gasteiger partial charge in [0.05, 0.1) is 7.11 Å². The number of hydrogen-bond acceptors (Lipinski definition) is 4. The van der Waals surface area contributed by atoms with E-state index in [2.05, 4.69) is 4.90 Å². The van der Waals surface area contributed by atoms with E-state index in [1.54, 1.807) is 43.5 Å². The molecule has 0 aliphatic carbocycles. The van der Waals surface area contributed by atoms with Crippen molar-refractivity contribution in [3.8, 4) is 11.5 Å². The van der Waals surface area contributed by atoms with Gasteiger partial charge in [0, 0.05) is 12.1 Å². The summed E-state index contributed by atoms with van der Waals surface area (Å²) in [4.78, 5) is 14.3. The number of likely N-dealkylation sites (N-methyl/N-ethyl adjacent to an activating group) is 1. The van der Waals surface area contributed by atoms with Crippen molar-refractivity contribution in [2.45, 2.75) is 0 Å². The Hall–Kier alpha value is -2.59. The lowest BCUT2D eigenvalue weighted by molar-refractivity contribution is 0.104. The van der Waals surface area contributed by atoms with Crippen LogP contribution in [0, 0.1) is 0 Å². The molecule has 0 atom stereocenters. The first-order valence-corrected chi connectivity index (χ1v) is 7.82. The molecule has 0 unspecified atom stereocenters. The van der Waals surface area contributed by atoms with Crippen molar-refractivity contribution in [3.63, 3.8) is 0 Å². The molecule has 0 saturated carbocycles. The van der Waals surface area contributed by atoms with E-state index in [9.17, 15) is 4.79 Å². The number of benzene rings is 2. The number of hydrogen-bond donors (Lipinski definition) is 0. The molecule has 0 saturated heterocycles. The third-order valence-electron chi connectivity index (χ3n) is 3.47. The Morgan fingerprint density at radius 1 is 1.08 bits per heavy atom. The van der Waals surface area contributed by atoms with E-state index >= 15 is 0 Å². The molecule has 0 amide bonds. The zero-order valence-corrected chi connectivity index (χ0v) is 14.4. The number of allylic oxidation sites excluding steroid dienone is 1. The molecule has 0 N–H and O–H groups in total. The Bertz CT molecular complexity index is 690. The molecule has 2 aromatic rings. The van der Waals surface area contributed by atoms with E-state index in [-0.39, 0.29) is 5.78 Å². The van der Waals surface area contributed by atoms with E-state index in [0.717, 1.165) is 23.6 Å². The lowest BCUT2D eigenvalue weighted by Crippen LogP contribution is -2.19. The maximum atomic E-state index is 12.2. The van der Waals surface area contributed by atoms with Crippen molar-refractivity contribution < 1.29 is 14.3 Å². The Kier molecular flexibility index (Phi) is 6.58. The molecule has 0 aliphatic heterocycles. The Morgan fingerprint density at radius 2 is 1.83 bits per heavy atom. The van der Waals surface area contributed by atoms with E-state index < -0.39 is 0 Å². The first-order chi connectivity index (χ1) is 11.6. The summed E-state index contributed by atoms with van der Waals surface area (Å²) >= 11 is 0. The number of ketones is 1. The monoisotopic (exact) mass is 325 g/mol. The molecule has 4 nitrogen and oxygen atoms in total. The molecule has 2 rings (SSSR count). The molecule has 126 valence electrons. The van der Waals surface area contributed by atoms with Crippen molar-refractivity contribution >= 4 is 11.9 Å². The summed E-state index contributed by atoms with van der Waals surface area (Å²) in [6.07, 6.45) is 3.37. The minimum Gasteiger partial charge on any atom is -0.497 e. The fraction of sp³-hybridized carbons (Fsp3) is 0.250. The summed E-state index contributed by atoms with van der Waals surface area (Å²) in [5.74, 6) is 1.49. The highest BCUT2D eigenvalue weighted by Crippen LogP contribution is 2.16. The van der Waals surface area contributed by atoms with Gasteiger partial charge >= 0.3 is 0 Å². The summed E-state index contributed by atoms with van der Waals surface area (Å²) in [5, 5.41) is 0. The van der Waals surface area contributed by atoms with Crippen LogP contribution in [0.5, 0.6) is 11.5 Å². The smallest absolute Gasteiger partial charge is 0.185 e. The lowest BCUT2D eigenvalue weighted by atomic mass is 10.1. The molecular weight excluding hydrogens is 302 g/mol. The van der Waals surface area contributed by atoms with Crippen LogP contribution >= 0.6 is 0 Å².